The first-order valence-electron chi connectivity index (χ1n) is 8.46. The number of phenols is 1. The first-order valence-corrected chi connectivity index (χ1v) is 8.46. The molecule has 1 aromatic heterocycles. The van der Waals surface area contributed by atoms with Gasteiger partial charge in [-0.15, -0.1) is 0 Å². The lowest BCUT2D eigenvalue weighted by Gasteiger charge is -2.13. The van der Waals surface area contributed by atoms with Crippen molar-refractivity contribution in [3.8, 4) is 23.0 Å². The van der Waals surface area contributed by atoms with Gasteiger partial charge >= 0.3 is 0 Å². The van der Waals surface area contributed by atoms with Gasteiger partial charge in [-0.25, -0.2) is 0 Å². The number of methoxy groups -OCH3 is 3. The Bertz CT molecular complexity index is 1100. The molecule has 0 atom stereocenters. The number of benzene rings is 2. The molecule has 0 radical (unpaired) electrons. The van der Waals surface area contributed by atoms with Crippen LogP contribution >= 0.6 is 0 Å². The average Bonchev–Trinajstić information content (AvgIpc) is 2.66. The molecule has 0 unspecified atom stereocenters. The van der Waals surface area contributed by atoms with Gasteiger partial charge in [0.05, 0.1) is 26.7 Å². The van der Waals surface area contributed by atoms with Gasteiger partial charge in [-0.2, -0.15) is 0 Å². The Morgan fingerprint density at radius 3 is 2.33 bits per heavy atom. The summed E-state index contributed by atoms with van der Waals surface area (Å²) in [7, 11) is 4.45. The Morgan fingerprint density at radius 1 is 1.04 bits per heavy atom. The second-order valence-electron chi connectivity index (χ2n) is 6.41. The van der Waals surface area contributed by atoms with Crippen LogP contribution in [0.2, 0.25) is 0 Å². The molecule has 0 aliphatic heterocycles. The summed E-state index contributed by atoms with van der Waals surface area (Å²) >= 11 is 0. The van der Waals surface area contributed by atoms with E-state index < -0.39 is 0 Å². The first kappa shape index (κ1) is 18.6. The molecule has 0 amide bonds. The minimum absolute atomic E-state index is 0.0827. The molecule has 1 heterocycles. The molecule has 1 N–H and O–H groups in total. The SMILES string of the molecule is COc1cc(OC)c2c(=O)c3c(CC=C(C)C)cc(OC)c(O)c3oc2c1. The van der Waals surface area contributed by atoms with Gasteiger partial charge in [0.25, 0.3) is 0 Å². The van der Waals surface area contributed by atoms with Crippen molar-refractivity contribution in [1.82, 2.24) is 0 Å². The van der Waals surface area contributed by atoms with Gasteiger partial charge in [-0.1, -0.05) is 11.6 Å². The second kappa shape index (κ2) is 7.23. The highest BCUT2D eigenvalue weighted by Crippen LogP contribution is 2.39. The van der Waals surface area contributed by atoms with E-state index >= 15 is 0 Å². The summed E-state index contributed by atoms with van der Waals surface area (Å²) in [6.45, 7) is 3.96. The highest BCUT2D eigenvalue weighted by molar-refractivity contribution is 5.98. The normalized spacial score (nSPS) is 10.9. The van der Waals surface area contributed by atoms with Gasteiger partial charge in [0.15, 0.2) is 11.3 Å². The Kier molecular flexibility index (Phi) is 4.99. The zero-order valence-corrected chi connectivity index (χ0v) is 16.0. The Balaban J connectivity index is 2.50. The monoisotopic (exact) mass is 370 g/mol. The maximum Gasteiger partial charge on any atom is 0.204 e. The number of hydrogen-bond acceptors (Lipinski definition) is 6. The molecule has 0 aliphatic carbocycles. The van der Waals surface area contributed by atoms with Crippen molar-refractivity contribution in [2.45, 2.75) is 20.3 Å². The summed E-state index contributed by atoms with van der Waals surface area (Å²) < 4.78 is 21.8. The molecule has 3 aromatic rings. The van der Waals surface area contributed by atoms with E-state index in [1.54, 1.807) is 18.2 Å². The van der Waals surface area contributed by atoms with E-state index in [2.05, 4.69) is 0 Å². The average molecular weight is 370 g/mol. The van der Waals surface area contributed by atoms with E-state index in [0.717, 1.165) is 5.57 Å². The summed E-state index contributed by atoms with van der Waals surface area (Å²) in [5.41, 5.74) is 1.89. The topological polar surface area (TPSA) is 78.1 Å². The van der Waals surface area contributed by atoms with Gasteiger partial charge in [0.2, 0.25) is 11.2 Å². The predicted octanol–water partition coefficient (Wildman–Crippen LogP) is 4.19. The van der Waals surface area contributed by atoms with Gasteiger partial charge in [-0.3, -0.25) is 4.79 Å². The summed E-state index contributed by atoms with van der Waals surface area (Å²) in [4.78, 5) is 13.3. The van der Waals surface area contributed by atoms with Crippen LogP contribution in [0.25, 0.3) is 21.9 Å². The zero-order chi connectivity index (χ0) is 19.7. The van der Waals surface area contributed by atoms with Crippen LogP contribution in [0.3, 0.4) is 0 Å². The van der Waals surface area contributed by atoms with Crippen LogP contribution in [0.4, 0.5) is 0 Å². The van der Waals surface area contributed by atoms with Crippen LogP contribution < -0.4 is 19.6 Å². The number of ether oxygens (including phenoxy) is 3. The summed E-state index contributed by atoms with van der Waals surface area (Å²) in [5, 5.41) is 11.2. The van der Waals surface area contributed by atoms with E-state index in [1.807, 2.05) is 19.9 Å². The number of aromatic hydroxyl groups is 1. The molecule has 0 fully saturated rings. The Morgan fingerprint density at radius 2 is 1.74 bits per heavy atom. The lowest BCUT2D eigenvalue weighted by atomic mass is 10.0. The summed E-state index contributed by atoms with van der Waals surface area (Å²) in [6.07, 6.45) is 2.50. The van der Waals surface area contributed by atoms with Gasteiger partial charge < -0.3 is 23.7 Å². The lowest BCUT2D eigenvalue weighted by molar-refractivity contribution is 0.371. The van der Waals surface area contributed by atoms with Gasteiger partial charge in [0, 0.05) is 12.1 Å². The van der Waals surface area contributed by atoms with Crippen molar-refractivity contribution in [3.63, 3.8) is 0 Å². The van der Waals surface area contributed by atoms with E-state index in [0.29, 0.717) is 34.3 Å². The quantitative estimate of drug-likeness (QED) is 0.536. The highest BCUT2D eigenvalue weighted by Gasteiger charge is 2.21. The molecule has 2 aromatic carbocycles. The molecule has 3 rings (SSSR count). The van der Waals surface area contributed by atoms with Crippen LogP contribution in [-0.2, 0) is 6.42 Å². The fraction of sp³-hybridized carbons (Fsp3) is 0.286. The van der Waals surface area contributed by atoms with Gasteiger partial charge in [0.1, 0.15) is 22.5 Å². The number of allylic oxidation sites excluding steroid dienone is 2. The van der Waals surface area contributed by atoms with Crippen LogP contribution in [-0.4, -0.2) is 26.4 Å². The molecule has 6 nitrogen and oxygen atoms in total. The minimum atomic E-state index is -0.277. The van der Waals surface area contributed by atoms with E-state index in [4.69, 9.17) is 18.6 Å². The van der Waals surface area contributed by atoms with Crippen molar-refractivity contribution in [2.24, 2.45) is 0 Å². The molecule has 142 valence electrons. The molecule has 0 saturated heterocycles. The molecule has 0 bridgehead atoms. The molecular weight excluding hydrogens is 348 g/mol. The first-order chi connectivity index (χ1) is 12.9. The zero-order valence-electron chi connectivity index (χ0n) is 16.0. The second-order valence-corrected chi connectivity index (χ2v) is 6.41. The van der Waals surface area contributed by atoms with E-state index in [9.17, 15) is 9.90 Å². The molecule has 0 aliphatic rings. The van der Waals surface area contributed by atoms with Crippen LogP contribution in [0.5, 0.6) is 23.0 Å². The molecule has 0 saturated carbocycles. The van der Waals surface area contributed by atoms with Crippen molar-refractivity contribution in [3.05, 3.63) is 45.6 Å². The summed E-state index contributed by atoms with van der Waals surface area (Å²) in [6, 6.07) is 4.88. The molecular formula is C21H22O6. The van der Waals surface area contributed by atoms with E-state index in [-0.39, 0.29) is 28.1 Å². The van der Waals surface area contributed by atoms with Crippen molar-refractivity contribution < 1.29 is 23.7 Å². The van der Waals surface area contributed by atoms with Crippen LogP contribution in [0.1, 0.15) is 19.4 Å². The minimum Gasteiger partial charge on any atom is -0.502 e. The fourth-order valence-corrected chi connectivity index (χ4v) is 3.04. The number of fused-ring (bicyclic) bond motifs is 2. The molecule has 6 heteroatoms. The smallest absolute Gasteiger partial charge is 0.204 e. The third kappa shape index (κ3) is 3.18. The maximum atomic E-state index is 13.3. The van der Waals surface area contributed by atoms with Crippen molar-refractivity contribution in [1.29, 1.82) is 0 Å². The van der Waals surface area contributed by atoms with Crippen molar-refractivity contribution in [2.75, 3.05) is 21.3 Å². The fourth-order valence-electron chi connectivity index (χ4n) is 3.04. The van der Waals surface area contributed by atoms with Gasteiger partial charge in [-0.05, 0) is 31.9 Å². The standard InChI is InChI=1S/C21H22O6/c1-11(2)6-7-12-8-16(26-5)19(22)21-17(12)20(23)18-14(25-4)9-13(24-3)10-15(18)27-21/h6,8-10,22H,7H2,1-5H3. The van der Waals surface area contributed by atoms with Crippen molar-refractivity contribution >= 4 is 21.9 Å². The number of rotatable bonds is 5. The number of hydrogen-bond donors (Lipinski definition) is 1. The van der Waals surface area contributed by atoms with Crippen LogP contribution in [0.15, 0.2) is 39.1 Å². The highest BCUT2D eigenvalue weighted by atomic mass is 16.5. The predicted molar refractivity (Wildman–Crippen MR) is 104 cm³/mol. The van der Waals surface area contributed by atoms with E-state index in [1.165, 1.54) is 21.3 Å². The summed E-state index contributed by atoms with van der Waals surface area (Å²) in [5.74, 6) is 0.865. The Hall–Kier alpha value is -3.15. The molecule has 27 heavy (non-hydrogen) atoms. The third-order valence-corrected chi connectivity index (χ3v) is 4.41. The lowest BCUT2D eigenvalue weighted by Crippen LogP contribution is -2.08. The number of phenolic OH excluding ortho intramolecular Hbond substituents is 1. The maximum absolute atomic E-state index is 13.3. The van der Waals surface area contributed by atoms with Crippen LogP contribution in [0, 0.1) is 0 Å². The third-order valence-electron chi connectivity index (χ3n) is 4.41. The largest absolute Gasteiger partial charge is 0.502 e. The Labute approximate surface area is 156 Å². The molecule has 0 spiro atoms.